The van der Waals surface area contributed by atoms with Gasteiger partial charge in [0.05, 0.1) is 17.3 Å². The molecule has 21 heavy (non-hydrogen) atoms. The molecule has 114 valence electrons. The van der Waals surface area contributed by atoms with Crippen molar-refractivity contribution in [2.24, 2.45) is 0 Å². The molecule has 2 N–H and O–H groups in total. The van der Waals surface area contributed by atoms with Gasteiger partial charge in [-0.15, -0.1) is 0 Å². The number of hydrogen-bond acceptors (Lipinski definition) is 3. The Kier molecular flexibility index (Phi) is 5.75. The molecule has 0 spiro atoms. The monoisotopic (exact) mass is 309 g/mol. The predicted molar refractivity (Wildman–Crippen MR) is 85.4 cm³/mol. The van der Waals surface area contributed by atoms with Gasteiger partial charge in [0, 0.05) is 10.8 Å². The van der Waals surface area contributed by atoms with Gasteiger partial charge in [0.15, 0.2) is 0 Å². The fourth-order valence-corrected chi connectivity index (χ4v) is 1.90. The smallest absolute Gasteiger partial charge is 0.261 e. The molecule has 5 nitrogen and oxygen atoms in total. The second kappa shape index (κ2) is 7.10. The third-order valence-electron chi connectivity index (χ3n) is 2.55. The number of nitrogens with zero attached hydrogens (tertiary/aromatic N) is 1. The Labute approximate surface area is 124 Å². The number of benzene rings is 2. The molecule has 6 heteroatoms. The summed E-state index contributed by atoms with van der Waals surface area (Å²) in [5.41, 5.74) is 1.71. The predicted octanol–water partition coefficient (Wildman–Crippen LogP) is 3.56. The van der Waals surface area contributed by atoms with E-state index in [0.29, 0.717) is 6.26 Å². The SMILES string of the molecule is CC.CS(=O)(=O)O.On1c2ccccc2c2ccccc21. The first-order valence-corrected chi connectivity index (χ1v) is 8.32. The van der Waals surface area contributed by atoms with Crippen LogP contribution in [0.2, 0.25) is 0 Å². The van der Waals surface area contributed by atoms with Crippen molar-refractivity contribution >= 4 is 31.9 Å². The molecule has 0 aliphatic rings. The summed E-state index contributed by atoms with van der Waals surface area (Å²) in [4.78, 5) is 0. The summed E-state index contributed by atoms with van der Waals surface area (Å²) >= 11 is 0. The first kappa shape index (κ1) is 17.0. The highest BCUT2D eigenvalue weighted by Gasteiger charge is 2.06. The van der Waals surface area contributed by atoms with Crippen molar-refractivity contribution in [1.29, 1.82) is 0 Å². The van der Waals surface area contributed by atoms with Crippen LogP contribution in [0.15, 0.2) is 48.5 Å². The Morgan fingerprint density at radius 3 is 1.48 bits per heavy atom. The topological polar surface area (TPSA) is 79.5 Å². The van der Waals surface area contributed by atoms with E-state index in [1.54, 1.807) is 0 Å². The van der Waals surface area contributed by atoms with Crippen molar-refractivity contribution in [3.63, 3.8) is 0 Å². The molecule has 0 bridgehead atoms. The van der Waals surface area contributed by atoms with Gasteiger partial charge in [0.25, 0.3) is 10.1 Å². The van der Waals surface area contributed by atoms with E-state index >= 15 is 0 Å². The third-order valence-corrected chi connectivity index (χ3v) is 2.55. The highest BCUT2D eigenvalue weighted by molar-refractivity contribution is 7.85. The maximum atomic E-state index is 9.87. The number of aromatic nitrogens is 1. The molecule has 0 radical (unpaired) electrons. The van der Waals surface area contributed by atoms with Gasteiger partial charge in [0.1, 0.15) is 0 Å². The van der Waals surface area contributed by atoms with Crippen LogP contribution >= 0.6 is 0 Å². The Hall–Kier alpha value is -2.05. The fourth-order valence-electron chi connectivity index (χ4n) is 1.90. The Morgan fingerprint density at radius 2 is 1.14 bits per heavy atom. The minimum Gasteiger partial charge on any atom is -0.428 e. The molecule has 3 rings (SSSR count). The summed E-state index contributed by atoms with van der Waals surface area (Å²) in [6, 6.07) is 15.7. The van der Waals surface area contributed by atoms with Crippen molar-refractivity contribution in [3.8, 4) is 0 Å². The van der Waals surface area contributed by atoms with Gasteiger partial charge < -0.3 is 5.21 Å². The lowest BCUT2D eigenvalue weighted by atomic mass is 10.2. The number of rotatable bonds is 0. The van der Waals surface area contributed by atoms with E-state index < -0.39 is 10.1 Å². The molecular weight excluding hydrogens is 290 g/mol. The lowest BCUT2D eigenvalue weighted by Crippen LogP contribution is -1.88. The summed E-state index contributed by atoms with van der Waals surface area (Å²) in [7, 11) is -3.67. The van der Waals surface area contributed by atoms with E-state index in [1.807, 2.05) is 62.4 Å². The van der Waals surface area contributed by atoms with Crippen molar-refractivity contribution in [2.45, 2.75) is 13.8 Å². The first-order valence-electron chi connectivity index (χ1n) is 6.48. The maximum absolute atomic E-state index is 9.87. The van der Waals surface area contributed by atoms with E-state index in [2.05, 4.69) is 0 Å². The molecule has 1 aromatic heterocycles. The molecule has 0 unspecified atom stereocenters. The standard InChI is InChI=1S/C12H9NO.C2H6.CH4O3S/c14-13-11-7-3-1-5-9(11)10-6-2-4-8-12(10)13;1-2;1-5(2,3)4/h1-8,14H;1-2H3;1H3,(H,2,3,4). The Bertz CT molecular complexity index is 761. The van der Waals surface area contributed by atoms with Gasteiger partial charge in [-0.05, 0) is 12.1 Å². The van der Waals surface area contributed by atoms with Gasteiger partial charge in [0.2, 0.25) is 0 Å². The summed E-state index contributed by atoms with van der Waals surface area (Å²) in [6.45, 7) is 4.00. The molecule has 2 aromatic carbocycles. The molecule has 0 amide bonds. The highest BCUT2D eigenvalue weighted by Crippen LogP contribution is 2.26. The molecule has 0 fully saturated rings. The van der Waals surface area contributed by atoms with Crippen LogP contribution in [-0.2, 0) is 10.1 Å². The van der Waals surface area contributed by atoms with Crippen LogP contribution < -0.4 is 0 Å². The second-order valence-corrected chi connectivity index (χ2v) is 5.55. The van der Waals surface area contributed by atoms with Gasteiger partial charge in [-0.1, -0.05) is 50.2 Å². The maximum Gasteiger partial charge on any atom is 0.261 e. The molecule has 1 heterocycles. The van der Waals surface area contributed by atoms with Crippen LogP contribution in [-0.4, -0.2) is 29.2 Å². The van der Waals surface area contributed by atoms with E-state index in [9.17, 15) is 13.6 Å². The van der Waals surface area contributed by atoms with Crippen LogP contribution in [0.5, 0.6) is 0 Å². The molecule has 3 aromatic rings. The van der Waals surface area contributed by atoms with Gasteiger partial charge in [-0.2, -0.15) is 13.1 Å². The third kappa shape index (κ3) is 4.47. The summed E-state index contributed by atoms with van der Waals surface area (Å²) < 4.78 is 27.1. The van der Waals surface area contributed by atoms with E-state index in [0.717, 1.165) is 21.8 Å². The lowest BCUT2D eigenvalue weighted by molar-refractivity contribution is 0.213. The molecule has 0 saturated heterocycles. The van der Waals surface area contributed by atoms with Crippen molar-refractivity contribution in [2.75, 3.05) is 6.26 Å². The summed E-state index contributed by atoms with van der Waals surface area (Å²) in [5.74, 6) is 0. The van der Waals surface area contributed by atoms with Crippen LogP contribution in [0.4, 0.5) is 0 Å². The van der Waals surface area contributed by atoms with Crippen molar-refractivity contribution in [3.05, 3.63) is 48.5 Å². The summed E-state index contributed by atoms with van der Waals surface area (Å²) in [5, 5.41) is 12.0. The average Bonchev–Trinajstić information content (AvgIpc) is 2.74. The van der Waals surface area contributed by atoms with Crippen LogP contribution in [0.25, 0.3) is 21.8 Å². The molecule has 0 atom stereocenters. The second-order valence-electron chi connectivity index (χ2n) is 4.08. The number of fused-ring (bicyclic) bond motifs is 3. The number of hydrogen-bond donors (Lipinski definition) is 2. The van der Waals surface area contributed by atoms with Crippen molar-refractivity contribution < 1.29 is 18.2 Å². The lowest BCUT2D eigenvalue weighted by Gasteiger charge is -1.94. The zero-order valence-corrected chi connectivity index (χ0v) is 13.0. The zero-order chi connectivity index (χ0) is 16.0. The zero-order valence-electron chi connectivity index (χ0n) is 12.2. The first-order chi connectivity index (χ1) is 9.88. The van der Waals surface area contributed by atoms with E-state index in [4.69, 9.17) is 4.55 Å². The van der Waals surface area contributed by atoms with E-state index in [-0.39, 0.29) is 0 Å². The fraction of sp³-hybridized carbons (Fsp3) is 0.200. The largest absolute Gasteiger partial charge is 0.428 e. The van der Waals surface area contributed by atoms with E-state index in [1.165, 1.54) is 4.73 Å². The number of para-hydroxylation sites is 2. The Balaban J connectivity index is 0.000000272. The van der Waals surface area contributed by atoms with Gasteiger partial charge in [-0.25, -0.2) is 0 Å². The molecular formula is C15H19NO4S. The van der Waals surface area contributed by atoms with Gasteiger partial charge in [-0.3, -0.25) is 4.55 Å². The Morgan fingerprint density at radius 1 is 0.857 bits per heavy atom. The minimum absolute atomic E-state index is 0.715. The molecule has 0 aliphatic carbocycles. The molecule has 0 saturated carbocycles. The quantitative estimate of drug-likeness (QED) is 0.491. The van der Waals surface area contributed by atoms with Crippen molar-refractivity contribution in [1.82, 2.24) is 4.73 Å². The normalized spacial score (nSPS) is 10.5. The average molecular weight is 309 g/mol. The highest BCUT2D eigenvalue weighted by atomic mass is 32.2. The summed E-state index contributed by atoms with van der Waals surface area (Å²) in [6.07, 6.45) is 0.715. The minimum atomic E-state index is -3.67. The van der Waals surface area contributed by atoms with Crippen LogP contribution in [0.1, 0.15) is 13.8 Å². The van der Waals surface area contributed by atoms with Crippen LogP contribution in [0, 0.1) is 0 Å². The molecule has 0 aliphatic heterocycles. The van der Waals surface area contributed by atoms with Crippen LogP contribution in [0.3, 0.4) is 0 Å². The van der Waals surface area contributed by atoms with Gasteiger partial charge >= 0.3 is 0 Å².